The van der Waals surface area contributed by atoms with Crippen molar-refractivity contribution in [2.75, 3.05) is 12.3 Å². The Kier molecular flexibility index (Phi) is 5.96. The van der Waals surface area contributed by atoms with E-state index in [1.807, 2.05) is 18.4 Å². The molecule has 1 aromatic carbocycles. The molecule has 1 aliphatic heterocycles. The van der Waals surface area contributed by atoms with Gasteiger partial charge in [-0.15, -0.1) is 0 Å². The van der Waals surface area contributed by atoms with Crippen LogP contribution in [-0.2, 0) is 25.7 Å². The van der Waals surface area contributed by atoms with Gasteiger partial charge in [0.15, 0.2) is 5.71 Å². The number of hydrogen-bond donors (Lipinski definition) is 0. The van der Waals surface area contributed by atoms with Gasteiger partial charge in [0, 0.05) is 30.7 Å². The van der Waals surface area contributed by atoms with Gasteiger partial charge in [0.25, 0.3) is 0 Å². The van der Waals surface area contributed by atoms with Gasteiger partial charge < -0.3 is 9.11 Å². The number of rotatable bonds is 8. The minimum absolute atomic E-state index is 0.175. The van der Waals surface area contributed by atoms with Crippen molar-refractivity contribution in [1.29, 1.82) is 0 Å². The molecule has 0 aliphatic carbocycles. The van der Waals surface area contributed by atoms with E-state index < -0.39 is 31.4 Å². The summed E-state index contributed by atoms with van der Waals surface area (Å²) in [4.78, 5) is -0.268. The van der Waals surface area contributed by atoms with Crippen LogP contribution in [0.25, 0.3) is 0 Å². The standard InChI is InChI=1S/C17H25NO6S2/c1-4-5-9-17(3)13(2)18(10-6-11-25(19,20)21)16-8-7-14(12-15(16)17)26(22,23)24/h7-8,12H,4-6,9-11H2,1-3H3,(H-,19,20,21,22,23,24)/p-1/t17-/m0/s1. The molecule has 1 aromatic rings. The summed E-state index contributed by atoms with van der Waals surface area (Å²) in [6.45, 7) is 6.32. The Labute approximate surface area is 155 Å². The first-order chi connectivity index (χ1) is 11.9. The maximum atomic E-state index is 11.4. The zero-order valence-electron chi connectivity index (χ0n) is 15.2. The predicted molar refractivity (Wildman–Crippen MR) is 95.9 cm³/mol. The Morgan fingerprint density at radius 3 is 2.31 bits per heavy atom. The molecule has 0 N–H and O–H groups in total. The number of unbranched alkanes of at least 4 members (excludes halogenated alkanes) is 1. The fourth-order valence-electron chi connectivity index (χ4n) is 3.55. The lowest BCUT2D eigenvalue weighted by Gasteiger charge is -2.22. The van der Waals surface area contributed by atoms with Crippen LogP contribution in [0.4, 0.5) is 5.69 Å². The van der Waals surface area contributed by atoms with E-state index in [0.29, 0.717) is 6.54 Å². The van der Waals surface area contributed by atoms with Crippen LogP contribution >= 0.6 is 0 Å². The van der Waals surface area contributed by atoms with E-state index in [2.05, 4.69) is 6.92 Å². The van der Waals surface area contributed by atoms with Crippen molar-refractivity contribution in [3.63, 3.8) is 0 Å². The zero-order chi connectivity index (χ0) is 19.8. The third-order valence-electron chi connectivity index (χ3n) is 5.15. The summed E-state index contributed by atoms with van der Waals surface area (Å²) in [6, 6.07) is 4.30. The first-order valence-corrected chi connectivity index (χ1v) is 11.5. The van der Waals surface area contributed by atoms with Crippen LogP contribution in [0.3, 0.4) is 0 Å². The average molecular weight is 403 g/mol. The maximum Gasteiger partial charge on any atom is 0.209 e. The molecule has 7 nitrogen and oxygen atoms in total. The molecule has 146 valence electrons. The zero-order valence-corrected chi connectivity index (χ0v) is 16.8. The van der Waals surface area contributed by atoms with E-state index in [-0.39, 0.29) is 11.3 Å². The minimum Gasteiger partial charge on any atom is -0.748 e. The number of benzene rings is 1. The molecule has 0 amide bonds. The van der Waals surface area contributed by atoms with Crippen LogP contribution in [0.5, 0.6) is 0 Å². The summed E-state index contributed by atoms with van der Waals surface area (Å²) in [6.07, 6.45) is 2.84. The van der Waals surface area contributed by atoms with Gasteiger partial charge >= 0.3 is 0 Å². The lowest BCUT2D eigenvalue weighted by molar-refractivity contribution is -0.438. The minimum atomic E-state index is -4.56. The molecule has 0 bridgehead atoms. The van der Waals surface area contributed by atoms with Gasteiger partial charge in [0.2, 0.25) is 5.69 Å². The van der Waals surface area contributed by atoms with E-state index in [9.17, 15) is 25.9 Å². The van der Waals surface area contributed by atoms with Gasteiger partial charge in [-0.2, -0.15) is 4.58 Å². The Morgan fingerprint density at radius 1 is 1.12 bits per heavy atom. The molecule has 1 heterocycles. The lowest BCUT2D eigenvalue weighted by atomic mass is 9.76. The molecule has 0 radical (unpaired) electrons. The molecule has 0 spiro atoms. The third kappa shape index (κ3) is 4.33. The quantitative estimate of drug-likeness (QED) is 0.485. The molecule has 0 aromatic heterocycles. The van der Waals surface area contributed by atoms with Gasteiger partial charge in [0.05, 0.1) is 20.4 Å². The fourth-order valence-corrected chi connectivity index (χ4v) is 4.53. The molecular formula is C17H24NO6S2-. The molecule has 9 heteroatoms. The summed E-state index contributed by atoms with van der Waals surface area (Å²) >= 11 is 0. The van der Waals surface area contributed by atoms with E-state index in [1.54, 1.807) is 6.07 Å². The highest BCUT2D eigenvalue weighted by Gasteiger charge is 2.46. The van der Waals surface area contributed by atoms with Crippen molar-refractivity contribution < 1.29 is 30.5 Å². The molecular weight excluding hydrogens is 378 g/mol. The maximum absolute atomic E-state index is 11.4. The van der Waals surface area contributed by atoms with Crippen molar-refractivity contribution >= 4 is 31.6 Å². The third-order valence-corrected chi connectivity index (χ3v) is 6.77. The van der Waals surface area contributed by atoms with Crippen LogP contribution in [0, 0.1) is 0 Å². The second kappa shape index (κ2) is 7.38. The molecule has 26 heavy (non-hydrogen) atoms. The van der Waals surface area contributed by atoms with Gasteiger partial charge in [0.1, 0.15) is 16.7 Å². The largest absolute Gasteiger partial charge is 0.748 e. The highest BCUT2D eigenvalue weighted by molar-refractivity contribution is 7.86. The smallest absolute Gasteiger partial charge is 0.209 e. The topological polar surface area (TPSA) is 117 Å². The first kappa shape index (κ1) is 21.0. The molecule has 0 unspecified atom stereocenters. The van der Waals surface area contributed by atoms with E-state index in [0.717, 1.165) is 36.2 Å². The van der Waals surface area contributed by atoms with Crippen molar-refractivity contribution in [2.24, 2.45) is 0 Å². The van der Waals surface area contributed by atoms with E-state index >= 15 is 0 Å². The predicted octanol–water partition coefficient (Wildman–Crippen LogP) is 2.09. The second-order valence-electron chi connectivity index (χ2n) is 6.92. The van der Waals surface area contributed by atoms with Crippen molar-refractivity contribution in [3.05, 3.63) is 23.8 Å². The summed E-state index contributed by atoms with van der Waals surface area (Å²) in [7, 11) is -8.85. The van der Waals surface area contributed by atoms with Crippen molar-refractivity contribution in [1.82, 2.24) is 0 Å². The summed E-state index contributed by atoms with van der Waals surface area (Å²) in [5, 5.41) is 0. The lowest BCUT2D eigenvalue weighted by Crippen LogP contribution is -2.30. The molecule has 1 aliphatic rings. The molecule has 2 rings (SSSR count). The van der Waals surface area contributed by atoms with Crippen molar-refractivity contribution in [3.8, 4) is 0 Å². The van der Waals surface area contributed by atoms with E-state index in [4.69, 9.17) is 0 Å². The number of nitrogens with zero attached hydrogens (tertiary/aromatic N) is 1. The average Bonchev–Trinajstić information content (AvgIpc) is 2.73. The van der Waals surface area contributed by atoms with Crippen LogP contribution in [0.15, 0.2) is 23.1 Å². The molecule has 0 fully saturated rings. The summed E-state index contributed by atoms with van der Waals surface area (Å²) in [5.74, 6) is -0.454. The summed E-state index contributed by atoms with van der Waals surface area (Å²) < 4.78 is 68.8. The normalized spacial score (nSPS) is 20.5. The molecule has 1 atom stereocenters. The first-order valence-electron chi connectivity index (χ1n) is 8.55. The number of hydrogen-bond acceptors (Lipinski definition) is 6. The Balaban J connectivity index is 2.49. The Bertz CT molecular complexity index is 934. The van der Waals surface area contributed by atoms with Crippen LogP contribution in [0.2, 0.25) is 0 Å². The van der Waals surface area contributed by atoms with Gasteiger partial charge in [-0.3, -0.25) is 0 Å². The highest BCUT2D eigenvalue weighted by Crippen LogP contribution is 2.43. The molecule has 0 saturated heterocycles. The monoisotopic (exact) mass is 402 g/mol. The van der Waals surface area contributed by atoms with Gasteiger partial charge in [-0.1, -0.05) is 19.8 Å². The van der Waals surface area contributed by atoms with Crippen molar-refractivity contribution in [2.45, 2.75) is 56.8 Å². The number of fused-ring (bicyclic) bond motifs is 1. The molecule has 0 saturated carbocycles. The fraction of sp³-hybridized carbons (Fsp3) is 0.588. The highest BCUT2D eigenvalue weighted by atomic mass is 32.2. The van der Waals surface area contributed by atoms with Gasteiger partial charge in [-0.05, 0) is 25.5 Å². The Hall–Kier alpha value is -1.29. The SMILES string of the molecule is CCCC[C@@]1(C)C(C)=[N+](CCCS(=O)(=O)[O-])c2ccc(S(=O)(=O)[O-])cc21. The van der Waals surface area contributed by atoms with E-state index in [1.165, 1.54) is 12.1 Å². The van der Waals surface area contributed by atoms with Crippen LogP contribution in [-0.4, -0.2) is 48.5 Å². The van der Waals surface area contributed by atoms with Gasteiger partial charge in [-0.25, -0.2) is 16.8 Å². The van der Waals surface area contributed by atoms with Crippen LogP contribution in [0.1, 0.15) is 52.0 Å². The van der Waals surface area contributed by atoms with Crippen LogP contribution < -0.4 is 0 Å². The second-order valence-corrected chi connectivity index (χ2v) is 9.82. The Morgan fingerprint density at radius 2 is 1.77 bits per heavy atom. The summed E-state index contributed by atoms with van der Waals surface area (Å²) in [5.41, 5.74) is 2.04.